The van der Waals surface area contributed by atoms with Crippen LogP contribution in [0.25, 0.3) is 0 Å². The second kappa shape index (κ2) is 9.00. The molecule has 0 atom stereocenters. The van der Waals surface area contributed by atoms with Crippen molar-refractivity contribution in [2.75, 3.05) is 13.1 Å². The molecule has 0 unspecified atom stereocenters. The smallest absolute Gasteiger partial charge is 0.274 e. The highest BCUT2D eigenvalue weighted by Crippen LogP contribution is 2.25. The highest BCUT2D eigenvalue weighted by Gasteiger charge is 2.25. The molecule has 1 heterocycles. The Bertz CT molecular complexity index is 744. The number of amides is 1. The van der Waals surface area contributed by atoms with Crippen molar-refractivity contribution in [3.05, 3.63) is 52.7 Å². The molecule has 1 amide bonds. The third-order valence-corrected chi connectivity index (χ3v) is 4.19. The Morgan fingerprint density at radius 1 is 1.48 bits per heavy atom. The number of halogens is 1. The van der Waals surface area contributed by atoms with Crippen LogP contribution in [-0.2, 0) is 4.79 Å². The molecule has 0 bridgehead atoms. The van der Waals surface area contributed by atoms with E-state index in [-0.39, 0.29) is 17.7 Å². The first-order valence-electron chi connectivity index (χ1n) is 7.95. The molecule has 6 nitrogen and oxygen atoms in total. The predicted octanol–water partition coefficient (Wildman–Crippen LogP) is 4.07. The van der Waals surface area contributed by atoms with Crippen LogP contribution in [0.1, 0.15) is 25.3 Å². The summed E-state index contributed by atoms with van der Waals surface area (Å²) in [4.78, 5) is 14.0. The molecule has 1 aromatic carbocycles. The van der Waals surface area contributed by atoms with Gasteiger partial charge in [-0.2, -0.15) is 10.4 Å². The Balaban J connectivity index is 1.93. The lowest BCUT2D eigenvalue weighted by Gasteiger charge is -2.32. The first-order chi connectivity index (χ1) is 12.1. The second-order valence-electron chi connectivity index (χ2n) is 5.55. The standard InChI is InChI=1S/C18H19ClN4O2/c1-2-3-4-17(22-21)18(24)23-9-7-14(8-10-23)25-15-6-5-13(12-20)16(19)11-15/h2-6,11,14,21H,7-10H2,1H3/b3-2-,17-4-,22-21?. The molecule has 1 aliphatic rings. The first kappa shape index (κ1) is 18.7. The average molecular weight is 359 g/mol. The lowest BCUT2D eigenvalue weighted by Crippen LogP contribution is -2.42. The number of carbonyl (C=O) groups is 1. The highest BCUT2D eigenvalue weighted by atomic mass is 35.5. The van der Waals surface area contributed by atoms with Crippen molar-refractivity contribution in [1.29, 1.82) is 10.8 Å². The number of allylic oxidation sites excluding steroid dienone is 3. The molecule has 1 aliphatic heterocycles. The summed E-state index contributed by atoms with van der Waals surface area (Å²) in [6.07, 6.45) is 6.34. The number of likely N-dealkylation sites (tertiary alicyclic amines) is 1. The van der Waals surface area contributed by atoms with Gasteiger partial charge in [-0.25, -0.2) is 5.53 Å². The number of benzene rings is 1. The molecule has 0 spiro atoms. The third kappa shape index (κ3) is 4.91. The fourth-order valence-corrected chi connectivity index (χ4v) is 2.75. The zero-order valence-corrected chi connectivity index (χ0v) is 14.7. The minimum Gasteiger partial charge on any atom is -0.490 e. The maximum absolute atomic E-state index is 12.3. The van der Waals surface area contributed by atoms with Gasteiger partial charge >= 0.3 is 0 Å². The molecule has 1 N–H and O–H groups in total. The molecule has 1 aromatic rings. The molecule has 130 valence electrons. The minimum absolute atomic E-state index is 0.0241. The maximum Gasteiger partial charge on any atom is 0.274 e. The van der Waals surface area contributed by atoms with Crippen LogP contribution in [0.3, 0.4) is 0 Å². The Hall–Kier alpha value is -2.65. The van der Waals surface area contributed by atoms with E-state index >= 15 is 0 Å². The van der Waals surface area contributed by atoms with Gasteiger partial charge in [0.1, 0.15) is 23.6 Å². The monoisotopic (exact) mass is 358 g/mol. The first-order valence-corrected chi connectivity index (χ1v) is 8.33. The van der Waals surface area contributed by atoms with Gasteiger partial charge in [0.25, 0.3) is 5.91 Å². The van der Waals surface area contributed by atoms with Gasteiger partial charge in [-0.3, -0.25) is 4.79 Å². The van der Waals surface area contributed by atoms with Gasteiger partial charge in [0.05, 0.1) is 10.6 Å². The van der Waals surface area contributed by atoms with Gasteiger partial charge in [0.2, 0.25) is 0 Å². The van der Waals surface area contributed by atoms with E-state index in [4.69, 9.17) is 27.1 Å². The minimum atomic E-state index is -0.243. The van der Waals surface area contributed by atoms with Gasteiger partial charge in [-0.15, -0.1) is 0 Å². The fraction of sp³-hybridized carbons (Fsp3) is 0.333. The van der Waals surface area contributed by atoms with E-state index in [2.05, 4.69) is 5.11 Å². The number of nitrogens with one attached hydrogen (secondary N) is 1. The molecule has 0 saturated carbocycles. The van der Waals surface area contributed by atoms with E-state index in [1.165, 1.54) is 6.08 Å². The van der Waals surface area contributed by atoms with Gasteiger partial charge in [0.15, 0.2) is 0 Å². The normalized spacial score (nSPS) is 15.9. The Morgan fingerprint density at radius 3 is 2.76 bits per heavy atom. The summed E-state index contributed by atoms with van der Waals surface area (Å²) in [7, 11) is 0. The van der Waals surface area contributed by atoms with Crippen LogP contribution in [0, 0.1) is 16.9 Å². The van der Waals surface area contributed by atoms with Crippen molar-refractivity contribution in [2.24, 2.45) is 5.11 Å². The number of ether oxygens (including phenoxy) is 1. The quantitative estimate of drug-likeness (QED) is 0.488. The van der Waals surface area contributed by atoms with E-state index in [1.807, 2.05) is 13.0 Å². The van der Waals surface area contributed by atoms with E-state index in [0.29, 0.717) is 42.3 Å². The van der Waals surface area contributed by atoms with Gasteiger partial charge in [0, 0.05) is 32.0 Å². The van der Waals surface area contributed by atoms with Crippen molar-refractivity contribution >= 4 is 17.5 Å². The van der Waals surface area contributed by atoms with Crippen LogP contribution < -0.4 is 4.74 Å². The zero-order chi connectivity index (χ0) is 18.2. The molecule has 1 fully saturated rings. The summed E-state index contributed by atoms with van der Waals surface area (Å²) in [6, 6.07) is 6.99. The number of carbonyl (C=O) groups excluding carboxylic acids is 1. The number of hydrogen-bond donors (Lipinski definition) is 1. The lowest BCUT2D eigenvalue weighted by molar-refractivity contribution is -0.129. The molecule has 1 saturated heterocycles. The lowest BCUT2D eigenvalue weighted by atomic mass is 10.1. The summed E-state index contributed by atoms with van der Waals surface area (Å²) >= 11 is 6.01. The van der Waals surface area contributed by atoms with E-state index in [9.17, 15) is 4.79 Å². The zero-order valence-electron chi connectivity index (χ0n) is 13.9. The molecule has 0 aliphatic carbocycles. The van der Waals surface area contributed by atoms with Gasteiger partial charge in [-0.05, 0) is 25.1 Å². The van der Waals surface area contributed by atoms with Crippen molar-refractivity contribution in [1.82, 2.24) is 4.90 Å². The number of nitrogens with zero attached hydrogens (tertiary/aromatic N) is 3. The molecule has 25 heavy (non-hydrogen) atoms. The Labute approximate surface area is 151 Å². The molecule has 0 radical (unpaired) electrons. The Kier molecular flexibility index (Phi) is 6.72. The maximum atomic E-state index is 12.3. The molecular weight excluding hydrogens is 340 g/mol. The molecular formula is C18H19ClN4O2. The van der Waals surface area contributed by atoms with Crippen molar-refractivity contribution in [3.63, 3.8) is 0 Å². The van der Waals surface area contributed by atoms with Crippen molar-refractivity contribution < 1.29 is 9.53 Å². The predicted molar refractivity (Wildman–Crippen MR) is 94.4 cm³/mol. The summed E-state index contributed by atoms with van der Waals surface area (Å²) in [5, 5.41) is 12.6. The number of hydrogen-bond acceptors (Lipinski definition) is 5. The van der Waals surface area contributed by atoms with Crippen molar-refractivity contribution in [3.8, 4) is 11.8 Å². The summed E-state index contributed by atoms with van der Waals surface area (Å²) < 4.78 is 5.90. The summed E-state index contributed by atoms with van der Waals surface area (Å²) in [5.41, 5.74) is 7.68. The number of rotatable bonds is 5. The molecule has 7 heteroatoms. The second-order valence-corrected chi connectivity index (χ2v) is 5.96. The van der Waals surface area contributed by atoms with Gasteiger partial charge in [-0.1, -0.05) is 23.8 Å². The highest BCUT2D eigenvalue weighted by molar-refractivity contribution is 6.31. The average Bonchev–Trinajstić information content (AvgIpc) is 2.63. The summed E-state index contributed by atoms with van der Waals surface area (Å²) in [6.45, 7) is 2.91. The largest absolute Gasteiger partial charge is 0.490 e. The van der Waals surface area contributed by atoms with E-state index < -0.39 is 0 Å². The van der Waals surface area contributed by atoms with Crippen LogP contribution in [0.5, 0.6) is 5.75 Å². The van der Waals surface area contributed by atoms with Crippen molar-refractivity contribution in [2.45, 2.75) is 25.9 Å². The topological polar surface area (TPSA) is 89.5 Å². The SMILES string of the molecule is C/C=C\C=C(/N=N)C(=O)N1CCC(Oc2ccc(C#N)c(Cl)c2)CC1. The van der Waals surface area contributed by atoms with Crippen LogP contribution >= 0.6 is 11.6 Å². The number of nitriles is 1. The molecule has 0 aromatic heterocycles. The Morgan fingerprint density at radius 2 is 2.20 bits per heavy atom. The van der Waals surface area contributed by atoms with Crippen LogP contribution in [-0.4, -0.2) is 30.0 Å². The van der Waals surface area contributed by atoms with Crippen LogP contribution in [0.15, 0.2) is 47.2 Å². The van der Waals surface area contributed by atoms with Crippen LogP contribution in [0.2, 0.25) is 5.02 Å². The van der Waals surface area contributed by atoms with Gasteiger partial charge < -0.3 is 9.64 Å². The fourth-order valence-electron chi connectivity index (χ4n) is 2.53. The number of piperidine rings is 1. The van der Waals surface area contributed by atoms with E-state index in [0.717, 1.165) is 0 Å². The van der Waals surface area contributed by atoms with E-state index in [1.54, 1.807) is 35.3 Å². The van der Waals surface area contributed by atoms with Crippen LogP contribution in [0.4, 0.5) is 0 Å². The summed E-state index contributed by atoms with van der Waals surface area (Å²) in [5.74, 6) is 0.372. The molecule has 2 rings (SSSR count). The third-order valence-electron chi connectivity index (χ3n) is 3.88.